The Kier molecular flexibility index (Phi) is 3.22. The van der Waals surface area contributed by atoms with Gasteiger partial charge in [0, 0.05) is 7.11 Å². The molecule has 2 aliphatic rings. The Hall–Kier alpha value is -0.240. The van der Waals surface area contributed by atoms with Crippen molar-refractivity contribution < 1.29 is 29.2 Å². The molecule has 94 valence electrons. The third-order valence-electron chi connectivity index (χ3n) is 2.87. The molecule has 6 nitrogen and oxygen atoms in total. The molecule has 2 heterocycles. The van der Waals surface area contributed by atoms with E-state index in [1.807, 2.05) is 0 Å². The second-order valence-electron chi connectivity index (χ2n) is 4.52. The first-order valence-electron chi connectivity index (χ1n) is 5.31. The smallest absolute Gasteiger partial charge is 0.186 e. The van der Waals surface area contributed by atoms with Crippen LogP contribution in [0, 0.1) is 0 Å². The number of hydrogen-bond donors (Lipinski definition) is 2. The van der Waals surface area contributed by atoms with Gasteiger partial charge in [-0.2, -0.15) is 0 Å². The van der Waals surface area contributed by atoms with E-state index in [0.717, 1.165) is 0 Å². The molecule has 0 saturated carbocycles. The summed E-state index contributed by atoms with van der Waals surface area (Å²) < 4.78 is 21.7. The van der Waals surface area contributed by atoms with E-state index >= 15 is 0 Å². The summed E-state index contributed by atoms with van der Waals surface area (Å²) in [5.74, 6) is -0.777. The van der Waals surface area contributed by atoms with Crippen molar-refractivity contribution in [3.05, 3.63) is 0 Å². The minimum Gasteiger partial charge on any atom is -0.394 e. The highest BCUT2D eigenvalue weighted by Crippen LogP contribution is 2.37. The van der Waals surface area contributed by atoms with Crippen LogP contribution in [0.15, 0.2) is 0 Å². The Labute approximate surface area is 94.1 Å². The predicted molar refractivity (Wildman–Crippen MR) is 52.6 cm³/mol. The lowest BCUT2D eigenvalue weighted by Gasteiger charge is -2.38. The highest BCUT2D eigenvalue weighted by atomic mass is 16.8. The Bertz CT molecular complexity index is 256. The molecule has 0 amide bonds. The molecule has 0 bridgehead atoms. The lowest BCUT2D eigenvalue weighted by Crippen LogP contribution is -2.57. The van der Waals surface area contributed by atoms with E-state index in [1.165, 1.54) is 7.11 Å². The highest BCUT2D eigenvalue weighted by Gasteiger charge is 2.54. The maximum absolute atomic E-state index is 9.94. The molecule has 0 spiro atoms. The van der Waals surface area contributed by atoms with E-state index in [9.17, 15) is 5.11 Å². The molecule has 2 saturated heterocycles. The van der Waals surface area contributed by atoms with Crippen molar-refractivity contribution in [1.29, 1.82) is 0 Å². The molecule has 2 fully saturated rings. The number of ether oxygens (including phenoxy) is 4. The van der Waals surface area contributed by atoms with Gasteiger partial charge in [-0.3, -0.25) is 0 Å². The first-order valence-corrected chi connectivity index (χ1v) is 5.31. The Morgan fingerprint density at radius 2 is 1.88 bits per heavy atom. The summed E-state index contributed by atoms with van der Waals surface area (Å²) in [6.45, 7) is 3.24. The topological polar surface area (TPSA) is 77.4 Å². The molecule has 16 heavy (non-hydrogen) atoms. The summed E-state index contributed by atoms with van der Waals surface area (Å²) in [4.78, 5) is 0. The molecular formula is C10H18O6. The summed E-state index contributed by atoms with van der Waals surface area (Å²) in [5.41, 5.74) is 0. The summed E-state index contributed by atoms with van der Waals surface area (Å²) in [7, 11) is 1.49. The maximum atomic E-state index is 9.94. The third-order valence-corrected chi connectivity index (χ3v) is 2.87. The largest absolute Gasteiger partial charge is 0.394 e. The van der Waals surface area contributed by atoms with Gasteiger partial charge in [-0.25, -0.2) is 0 Å². The number of fused-ring (bicyclic) bond motifs is 1. The van der Waals surface area contributed by atoms with Crippen molar-refractivity contribution >= 4 is 0 Å². The van der Waals surface area contributed by atoms with Gasteiger partial charge in [-0.1, -0.05) is 0 Å². The average Bonchev–Trinajstić information content (AvgIpc) is 2.55. The van der Waals surface area contributed by atoms with Gasteiger partial charge in [0.1, 0.15) is 24.4 Å². The van der Waals surface area contributed by atoms with Gasteiger partial charge < -0.3 is 29.2 Å². The number of aliphatic hydroxyl groups excluding tert-OH is 2. The van der Waals surface area contributed by atoms with Crippen molar-refractivity contribution in [3.8, 4) is 0 Å². The SMILES string of the molecule is CO[C@@H]1OC(CO)[C@H](O)[C@@H]2OC(C)(C)OC12. The zero-order chi connectivity index (χ0) is 11.9. The van der Waals surface area contributed by atoms with Crippen LogP contribution in [0.5, 0.6) is 0 Å². The van der Waals surface area contributed by atoms with Crippen LogP contribution in [0.1, 0.15) is 13.8 Å². The van der Waals surface area contributed by atoms with Gasteiger partial charge in [0.05, 0.1) is 6.61 Å². The molecule has 2 rings (SSSR count). The predicted octanol–water partition coefficient (Wildman–Crippen LogP) is -0.769. The normalized spacial score (nSPS) is 46.7. The minimum atomic E-state index is -0.914. The van der Waals surface area contributed by atoms with Crippen LogP contribution in [-0.4, -0.2) is 60.4 Å². The summed E-state index contributed by atoms with van der Waals surface area (Å²) in [6, 6.07) is 0. The third kappa shape index (κ3) is 1.97. The maximum Gasteiger partial charge on any atom is 0.186 e. The first kappa shape index (κ1) is 12.2. The van der Waals surface area contributed by atoms with Gasteiger partial charge in [0.25, 0.3) is 0 Å². The van der Waals surface area contributed by atoms with E-state index < -0.39 is 36.5 Å². The van der Waals surface area contributed by atoms with Crippen LogP contribution < -0.4 is 0 Å². The Balaban J connectivity index is 2.18. The summed E-state index contributed by atoms with van der Waals surface area (Å²) in [5, 5.41) is 19.0. The molecule has 6 heteroatoms. The van der Waals surface area contributed by atoms with Crippen LogP contribution >= 0.6 is 0 Å². The van der Waals surface area contributed by atoms with Crippen LogP contribution in [0.4, 0.5) is 0 Å². The van der Waals surface area contributed by atoms with E-state index in [4.69, 9.17) is 24.1 Å². The van der Waals surface area contributed by atoms with Crippen LogP contribution in [0.25, 0.3) is 0 Å². The van der Waals surface area contributed by atoms with Gasteiger partial charge in [-0.05, 0) is 13.8 Å². The highest BCUT2D eigenvalue weighted by molar-refractivity contribution is 4.95. The quantitative estimate of drug-likeness (QED) is 0.653. The zero-order valence-corrected chi connectivity index (χ0v) is 9.62. The van der Waals surface area contributed by atoms with Crippen LogP contribution in [0.3, 0.4) is 0 Å². The van der Waals surface area contributed by atoms with Crippen molar-refractivity contribution in [2.75, 3.05) is 13.7 Å². The summed E-state index contributed by atoms with van der Waals surface area (Å²) in [6.07, 6.45) is -3.26. The molecule has 0 aromatic carbocycles. The molecule has 5 atom stereocenters. The number of aliphatic hydroxyl groups is 2. The molecule has 2 N–H and O–H groups in total. The molecule has 0 aromatic rings. The van der Waals surface area contributed by atoms with Crippen molar-refractivity contribution in [3.63, 3.8) is 0 Å². The van der Waals surface area contributed by atoms with Gasteiger partial charge in [-0.15, -0.1) is 0 Å². The Morgan fingerprint density at radius 1 is 1.25 bits per heavy atom. The van der Waals surface area contributed by atoms with E-state index in [-0.39, 0.29) is 6.61 Å². The fourth-order valence-electron chi connectivity index (χ4n) is 2.17. The fraction of sp³-hybridized carbons (Fsp3) is 1.00. The molecular weight excluding hydrogens is 216 g/mol. The van der Waals surface area contributed by atoms with Crippen molar-refractivity contribution in [2.45, 2.75) is 50.3 Å². The second-order valence-corrected chi connectivity index (χ2v) is 4.52. The Morgan fingerprint density at radius 3 is 2.44 bits per heavy atom. The molecule has 0 aliphatic carbocycles. The lowest BCUT2D eigenvalue weighted by molar-refractivity contribution is -0.272. The first-order chi connectivity index (χ1) is 7.48. The molecule has 2 aliphatic heterocycles. The standard InChI is InChI=1S/C10H18O6/c1-10(2)15-7-6(12)5(4-11)14-9(13-3)8(7)16-10/h5-9,11-12H,4H2,1-3H3/t5?,6-,7-,8?,9+/m0/s1. The van der Waals surface area contributed by atoms with Crippen molar-refractivity contribution in [1.82, 2.24) is 0 Å². The van der Waals surface area contributed by atoms with E-state index in [0.29, 0.717) is 0 Å². The van der Waals surface area contributed by atoms with Crippen LogP contribution in [0.2, 0.25) is 0 Å². The molecule has 0 radical (unpaired) electrons. The fourth-order valence-corrected chi connectivity index (χ4v) is 2.17. The van der Waals surface area contributed by atoms with Gasteiger partial charge in [0.2, 0.25) is 0 Å². The van der Waals surface area contributed by atoms with E-state index in [1.54, 1.807) is 13.8 Å². The number of methoxy groups -OCH3 is 1. The van der Waals surface area contributed by atoms with Crippen molar-refractivity contribution in [2.24, 2.45) is 0 Å². The van der Waals surface area contributed by atoms with Crippen LogP contribution in [-0.2, 0) is 18.9 Å². The monoisotopic (exact) mass is 234 g/mol. The molecule has 2 unspecified atom stereocenters. The lowest BCUT2D eigenvalue weighted by atomic mass is 9.99. The zero-order valence-electron chi connectivity index (χ0n) is 9.62. The summed E-state index contributed by atoms with van der Waals surface area (Å²) >= 11 is 0. The van der Waals surface area contributed by atoms with Gasteiger partial charge in [0.15, 0.2) is 12.1 Å². The average molecular weight is 234 g/mol. The second kappa shape index (κ2) is 4.21. The number of hydrogen-bond acceptors (Lipinski definition) is 6. The van der Waals surface area contributed by atoms with Gasteiger partial charge >= 0.3 is 0 Å². The molecule has 0 aromatic heterocycles. The van der Waals surface area contributed by atoms with E-state index in [2.05, 4.69) is 0 Å². The minimum absolute atomic E-state index is 0.284. The number of rotatable bonds is 2.